The van der Waals surface area contributed by atoms with Crippen LogP contribution in [0.5, 0.6) is 17.4 Å². The van der Waals surface area contributed by atoms with Crippen molar-refractivity contribution in [3.05, 3.63) is 65.1 Å². The van der Waals surface area contributed by atoms with E-state index < -0.39 is 0 Å². The van der Waals surface area contributed by atoms with E-state index in [4.69, 9.17) is 9.47 Å². The number of hydrogen-bond acceptors (Lipinski definition) is 5. The molecule has 3 aromatic rings. The zero-order valence-corrected chi connectivity index (χ0v) is 22.4. The van der Waals surface area contributed by atoms with E-state index in [2.05, 4.69) is 46.5 Å². The molecule has 9 heteroatoms. The average Bonchev–Trinajstić information content (AvgIpc) is 3.03. The first-order valence-electron chi connectivity index (χ1n) is 10.6. The first-order chi connectivity index (χ1) is 15.4. The first-order valence-corrected chi connectivity index (χ1v) is 10.6. The van der Waals surface area contributed by atoms with Crippen molar-refractivity contribution in [3.63, 3.8) is 0 Å². The highest BCUT2D eigenvalue weighted by Gasteiger charge is 2.14. The summed E-state index contributed by atoms with van der Waals surface area (Å²) in [7, 11) is 5.38. The van der Waals surface area contributed by atoms with Crippen LogP contribution in [0.2, 0.25) is 0 Å². The fourth-order valence-corrected chi connectivity index (χ4v) is 3.45. The number of ether oxygens (including phenoxy) is 2. The normalized spacial score (nSPS) is 12.0. The molecule has 8 nitrogen and oxygen atoms in total. The molecule has 0 aliphatic rings. The lowest BCUT2D eigenvalue weighted by molar-refractivity contribution is 0.407. The van der Waals surface area contributed by atoms with Gasteiger partial charge in [-0.25, -0.2) is 4.98 Å². The van der Waals surface area contributed by atoms with Crippen LogP contribution in [-0.4, -0.2) is 40.9 Å². The molecule has 0 saturated carbocycles. The van der Waals surface area contributed by atoms with Gasteiger partial charge in [-0.3, -0.25) is 9.67 Å². The maximum atomic E-state index is 5.80. The third kappa shape index (κ3) is 7.34. The number of pyridine rings is 1. The van der Waals surface area contributed by atoms with Crippen LogP contribution in [-0.2, 0) is 20.0 Å². The van der Waals surface area contributed by atoms with Gasteiger partial charge in [0.15, 0.2) is 5.96 Å². The fraction of sp³-hybridized carbons (Fsp3) is 0.375. The number of rotatable bonds is 8. The number of hydrogen-bond donors (Lipinski definition) is 2. The number of halogens is 1. The van der Waals surface area contributed by atoms with Crippen molar-refractivity contribution in [1.82, 2.24) is 25.4 Å². The smallest absolute Gasteiger partial charge is 0.219 e. The van der Waals surface area contributed by atoms with Crippen molar-refractivity contribution in [2.75, 3.05) is 14.2 Å². The molecule has 2 heterocycles. The summed E-state index contributed by atoms with van der Waals surface area (Å²) >= 11 is 0. The Labute approximate surface area is 212 Å². The van der Waals surface area contributed by atoms with Crippen LogP contribution in [0.25, 0.3) is 0 Å². The summed E-state index contributed by atoms with van der Waals surface area (Å²) in [6.07, 6.45) is 2.67. The van der Waals surface area contributed by atoms with E-state index in [0.29, 0.717) is 18.2 Å². The number of methoxy groups -OCH3 is 1. The monoisotopic (exact) mass is 564 g/mol. The van der Waals surface area contributed by atoms with Gasteiger partial charge in [0, 0.05) is 50.7 Å². The SMILES string of the molecule is CN=C(NCc1ccc(Oc2cccc(OC)c2)nc1)NC(C)Cc1c(C)nn(C)c1C.I. The number of aliphatic imine (C=N–C) groups is 1. The molecular formula is C24H33IN6O2. The van der Waals surface area contributed by atoms with E-state index in [1.807, 2.05) is 48.1 Å². The van der Waals surface area contributed by atoms with Crippen LogP contribution in [0.4, 0.5) is 0 Å². The minimum absolute atomic E-state index is 0. The second-order valence-electron chi connectivity index (χ2n) is 7.73. The van der Waals surface area contributed by atoms with Gasteiger partial charge in [0.05, 0.1) is 12.8 Å². The molecule has 0 fully saturated rings. The van der Waals surface area contributed by atoms with E-state index in [1.54, 1.807) is 20.4 Å². The van der Waals surface area contributed by atoms with E-state index >= 15 is 0 Å². The molecule has 33 heavy (non-hydrogen) atoms. The molecule has 3 rings (SSSR count). The minimum atomic E-state index is 0. The van der Waals surface area contributed by atoms with Gasteiger partial charge in [-0.05, 0) is 50.5 Å². The van der Waals surface area contributed by atoms with Gasteiger partial charge in [0.2, 0.25) is 5.88 Å². The Kier molecular flexibility index (Phi) is 9.95. The Morgan fingerprint density at radius 2 is 1.94 bits per heavy atom. The Balaban J connectivity index is 0.00000385. The second kappa shape index (κ2) is 12.4. The highest BCUT2D eigenvalue weighted by molar-refractivity contribution is 14.0. The number of nitrogens with zero attached hydrogens (tertiary/aromatic N) is 4. The van der Waals surface area contributed by atoms with Gasteiger partial charge in [0.25, 0.3) is 0 Å². The Hall–Kier alpha value is -2.82. The predicted octanol–water partition coefficient (Wildman–Crippen LogP) is 4.15. The highest BCUT2D eigenvalue weighted by Crippen LogP contribution is 2.23. The molecule has 0 spiro atoms. The van der Waals surface area contributed by atoms with Gasteiger partial charge in [-0.15, -0.1) is 24.0 Å². The van der Waals surface area contributed by atoms with Crippen molar-refractivity contribution in [2.45, 2.75) is 39.8 Å². The van der Waals surface area contributed by atoms with Gasteiger partial charge in [-0.1, -0.05) is 12.1 Å². The second-order valence-corrected chi connectivity index (χ2v) is 7.73. The molecular weight excluding hydrogens is 531 g/mol. The van der Waals surface area contributed by atoms with E-state index in [9.17, 15) is 0 Å². The summed E-state index contributed by atoms with van der Waals surface area (Å²) in [4.78, 5) is 8.74. The van der Waals surface area contributed by atoms with Crippen molar-refractivity contribution in [3.8, 4) is 17.4 Å². The lowest BCUT2D eigenvalue weighted by Gasteiger charge is -2.18. The fourth-order valence-electron chi connectivity index (χ4n) is 3.45. The van der Waals surface area contributed by atoms with Crippen LogP contribution in [0.1, 0.15) is 29.4 Å². The van der Waals surface area contributed by atoms with Crippen LogP contribution in [0.3, 0.4) is 0 Å². The maximum Gasteiger partial charge on any atom is 0.219 e. The molecule has 178 valence electrons. The number of aryl methyl sites for hydroxylation is 2. The Morgan fingerprint density at radius 3 is 2.55 bits per heavy atom. The molecule has 0 aliphatic carbocycles. The largest absolute Gasteiger partial charge is 0.497 e. The minimum Gasteiger partial charge on any atom is -0.497 e. The summed E-state index contributed by atoms with van der Waals surface area (Å²) in [5, 5.41) is 11.3. The van der Waals surface area contributed by atoms with E-state index in [1.165, 1.54) is 11.3 Å². The van der Waals surface area contributed by atoms with Crippen LogP contribution in [0, 0.1) is 13.8 Å². The van der Waals surface area contributed by atoms with Gasteiger partial charge in [-0.2, -0.15) is 5.10 Å². The predicted molar refractivity (Wildman–Crippen MR) is 142 cm³/mol. The molecule has 2 aromatic heterocycles. The standard InChI is InChI=1S/C24H32N6O2.HI/c1-16(12-22-17(2)29-30(5)18(22)3)28-24(25-4)27-15-19-10-11-23(26-14-19)32-21-9-7-8-20(13-21)31-6;/h7-11,13-14,16H,12,15H2,1-6H3,(H2,25,27,28);1H. The molecule has 0 aliphatic heterocycles. The topological polar surface area (TPSA) is 85.6 Å². The third-order valence-corrected chi connectivity index (χ3v) is 5.30. The third-order valence-electron chi connectivity index (χ3n) is 5.30. The zero-order chi connectivity index (χ0) is 23.1. The molecule has 1 unspecified atom stereocenters. The molecule has 2 N–H and O–H groups in total. The summed E-state index contributed by atoms with van der Waals surface area (Å²) in [5.41, 5.74) is 4.57. The number of benzene rings is 1. The highest BCUT2D eigenvalue weighted by atomic mass is 127. The first kappa shape index (κ1) is 26.4. The van der Waals surface area contributed by atoms with E-state index in [-0.39, 0.29) is 30.0 Å². The summed E-state index contributed by atoms with van der Waals surface area (Å²) in [6.45, 7) is 6.90. The molecule has 0 radical (unpaired) electrons. The maximum absolute atomic E-state index is 5.80. The van der Waals surface area contributed by atoms with Gasteiger partial charge >= 0.3 is 0 Å². The Bertz CT molecular complexity index is 1070. The zero-order valence-electron chi connectivity index (χ0n) is 20.0. The quantitative estimate of drug-likeness (QED) is 0.243. The number of nitrogens with one attached hydrogen (secondary N) is 2. The molecule has 1 aromatic carbocycles. The molecule has 0 bridgehead atoms. The molecule has 1 atom stereocenters. The average molecular weight is 564 g/mol. The van der Waals surface area contributed by atoms with Crippen molar-refractivity contribution >= 4 is 29.9 Å². The van der Waals surface area contributed by atoms with Crippen LogP contribution in [0.15, 0.2) is 47.6 Å². The summed E-state index contributed by atoms with van der Waals surface area (Å²) in [6, 6.07) is 11.5. The lowest BCUT2D eigenvalue weighted by atomic mass is 10.1. The lowest BCUT2D eigenvalue weighted by Crippen LogP contribution is -2.42. The van der Waals surface area contributed by atoms with Crippen molar-refractivity contribution in [2.24, 2.45) is 12.0 Å². The number of guanidine groups is 1. The number of aromatic nitrogens is 3. The molecule has 0 saturated heterocycles. The van der Waals surface area contributed by atoms with Gasteiger partial charge < -0.3 is 20.1 Å². The summed E-state index contributed by atoms with van der Waals surface area (Å²) < 4.78 is 12.9. The van der Waals surface area contributed by atoms with Crippen LogP contribution < -0.4 is 20.1 Å². The summed E-state index contributed by atoms with van der Waals surface area (Å²) in [5.74, 6) is 2.69. The van der Waals surface area contributed by atoms with Crippen molar-refractivity contribution < 1.29 is 9.47 Å². The van der Waals surface area contributed by atoms with Crippen LogP contribution >= 0.6 is 24.0 Å². The van der Waals surface area contributed by atoms with Crippen molar-refractivity contribution in [1.29, 1.82) is 0 Å². The van der Waals surface area contributed by atoms with Gasteiger partial charge in [0.1, 0.15) is 11.5 Å². The molecule has 0 amide bonds. The Morgan fingerprint density at radius 1 is 1.18 bits per heavy atom. The van der Waals surface area contributed by atoms with E-state index in [0.717, 1.165) is 29.4 Å².